The van der Waals surface area contributed by atoms with E-state index >= 15 is 0 Å². The molecule has 3 heterocycles. The lowest BCUT2D eigenvalue weighted by Crippen LogP contribution is -2.37. The van der Waals surface area contributed by atoms with Crippen LogP contribution in [-0.2, 0) is 32.4 Å². The first kappa shape index (κ1) is 20.9. The van der Waals surface area contributed by atoms with Gasteiger partial charge in [-0.1, -0.05) is 30.3 Å². The molecule has 0 radical (unpaired) electrons. The molecule has 0 spiro atoms. The van der Waals surface area contributed by atoms with E-state index in [1.54, 1.807) is 30.3 Å². The second-order valence-corrected chi connectivity index (χ2v) is 9.75. The maximum Gasteiger partial charge on any atom is 0.274 e. The molecule has 2 aliphatic rings. The van der Waals surface area contributed by atoms with Crippen molar-refractivity contribution in [3.63, 3.8) is 0 Å². The molecule has 1 aliphatic heterocycles. The van der Waals surface area contributed by atoms with Crippen molar-refractivity contribution in [2.75, 3.05) is 20.6 Å². The Morgan fingerprint density at radius 2 is 1.84 bits per heavy atom. The highest BCUT2D eigenvalue weighted by Crippen LogP contribution is 2.32. The minimum absolute atomic E-state index is 0.0999. The third-order valence-electron chi connectivity index (χ3n) is 6.50. The molecule has 3 aromatic rings. The Morgan fingerprint density at radius 3 is 2.62 bits per heavy atom. The zero-order chi connectivity index (χ0) is 22.2. The van der Waals surface area contributed by atoms with E-state index in [-0.39, 0.29) is 11.8 Å². The number of rotatable bonds is 4. The van der Waals surface area contributed by atoms with Gasteiger partial charge in [-0.25, -0.2) is 0 Å². The van der Waals surface area contributed by atoms with Gasteiger partial charge in [0.25, 0.3) is 11.8 Å². The monoisotopic (exact) mass is 448 g/mol. The average Bonchev–Trinajstić information content (AvgIpc) is 3.40. The zero-order valence-corrected chi connectivity index (χ0v) is 19.5. The maximum absolute atomic E-state index is 13.5. The summed E-state index contributed by atoms with van der Waals surface area (Å²) in [4.78, 5) is 30.8. The van der Waals surface area contributed by atoms with Crippen LogP contribution in [0.1, 0.15) is 60.9 Å². The number of fused-ring (bicyclic) bond motifs is 2. The van der Waals surface area contributed by atoms with E-state index in [0.717, 1.165) is 41.0 Å². The zero-order valence-electron chi connectivity index (χ0n) is 18.6. The van der Waals surface area contributed by atoms with E-state index in [4.69, 9.17) is 5.10 Å². The predicted octanol–water partition coefficient (Wildman–Crippen LogP) is 3.77. The number of benzene rings is 1. The molecule has 166 valence electrons. The molecular formula is C25H28N4O2S. The fraction of sp³-hybridized carbons (Fsp3) is 0.400. The highest BCUT2D eigenvalue weighted by Gasteiger charge is 2.32. The summed E-state index contributed by atoms with van der Waals surface area (Å²) in [5.41, 5.74) is 6.17. The van der Waals surface area contributed by atoms with Crippen LogP contribution in [0.2, 0.25) is 0 Å². The van der Waals surface area contributed by atoms with Crippen LogP contribution in [0.4, 0.5) is 0 Å². The van der Waals surface area contributed by atoms with Gasteiger partial charge in [0.05, 0.1) is 18.0 Å². The Kier molecular flexibility index (Phi) is 5.59. The van der Waals surface area contributed by atoms with Crippen LogP contribution in [0, 0.1) is 0 Å². The SMILES string of the molecule is CN(C)C(=O)c1nn(Cc2ccccc2)c2c1CN(C(=O)c1scc3c1CCCC3)CC2. The van der Waals surface area contributed by atoms with E-state index in [0.29, 0.717) is 31.7 Å². The third-order valence-corrected chi connectivity index (χ3v) is 7.56. The minimum atomic E-state index is -0.115. The number of hydrogen-bond donors (Lipinski definition) is 0. The van der Waals surface area contributed by atoms with E-state index < -0.39 is 0 Å². The van der Waals surface area contributed by atoms with Crippen molar-refractivity contribution in [2.24, 2.45) is 0 Å². The van der Waals surface area contributed by atoms with Crippen LogP contribution in [0.3, 0.4) is 0 Å². The first-order chi connectivity index (χ1) is 15.5. The van der Waals surface area contributed by atoms with Crippen molar-refractivity contribution in [3.05, 3.63) is 74.2 Å². The lowest BCUT2D eigenvalue weighted by molar-refractivity contribution is 0.0729. The van der Waals surface area contributed by atoms with Gasteiger partial charge >= 0.3 is 0 Å². The Balaban J connectivity index is 1.46. The number of hydrogen-bond acceptors (Lipinski definition) is 4. The summed E-state index contributed by atoms with van der Waals surface area (Å²) in [7, 11) is 3.49. The van der Waals surface area contributed by atoms with Crippen LogP contribution in [-0.4, -0.2) is 52.0 Å². The van der Waals surface area contributed by atoms with Crippen molar-refractivity contribution in [3.8, 4) is 0 Å². The highest BCUT2D eigenvalue weighted by molar-refractivity contribution is 7.12. The quantitative estimate of drug-likeness (QED) is 0.611. The van der Waals surface area contributed by atoms with E-state index in [1.165, 1.54) is 17.5 Å². The lowest BCUT2D eigenvalue weighted by Gasteiger charge is -2.28. The molecule has 0 N–H and O–H groups in total. The van der Waals surface area contributed by atoms with Gasteiger partial charge in [0.2, 0.25) is 0 Å². The Hall–Kier alpha value is -2.93. The maximum atomic E-state index is 13.5. The summed E-state index contributed by atoms with van der Waals surface area (Å²) in [6.45, 7) is 1.70. The summed E-state index contributed by atoms with van der Waals surface area (Å²) in [5.74, 6) is -0.0151. The van der Waals surface area contributed by atoms with Gasteiger partial charge < -0.3 is 9.80 Å². The molecule has 0 saturated heterocycles. The number of aryl methyl sites for hydroxylation is 1. The van der Waals surface area contributed by atoms with Crippen molar-refractivity contribution >= 4 is 23.2 Å². The van der Waals surface area contributed by atoms with Gasteiger partial charge in [-0.05, 0) is 47.8 Å². The van der Waals surface area contributed by atoms with Crippen LogP contribution >= 0.6 is 11.3 Å². The fourth-order valence-corrected chi connectivity index (χ4v) is 5.90. The molecular weight excluding hydrogens is 420 g/mol. The molecule has 7 heteroatoms. The van der Waals surface area contributed by atoms with Crippen LogP contribution < -0.4 is 0 Å². The van der Waals surface area contributed by atoms with Crippen LogP contribution in [0.15, 0.2) is 35.7 Å². The summed E-state index contributed by atoms with van der Waals surface area (Å²) < 4.78 is 1.95. The Labute approximate surface area is 192 Å². The number of nitrogens with zero attached hydrogens (tertiary/aromatic N) is 4. The molecule has 6 nitrogen and oxygen atoms in total. The molecule has 5 rings (SSSR count). The average molecular weight is 449 g/mol. The minimum Gasteiger partial charge on any atom is -0.343 e. The first-order valence-electron chi connectivity index (χ1n) is 11.3. The van der Waals surface area contributed by atoms with Gasteiger partial charge in [-0.3, -0.25) is 14.3 Å². The molecule has 2 aromatic heterocycles. The number of amides is 2. The van der Waals surface area contributed by atoms with Crippen molar-refractivity contribution in [1.29, 1.82) is 0 Å². The summed E-state index contributed by atoms with van der Waals surface area (Å²) in [5, 5.41) is 6.89. The van der Waals surface area contributed by atoms with Gasteiger partial charge in [0.15, 0.2) is 5.69 Å². The Morgan fingerprint density at radius 1 is 1.06 bits per heavy atom. The molecule has 2 amide bonds. The molecule has 0 saturated carbocycles. The third kappa shape index (κ3) is 3.75. The lowest BCUT2D eigenvalue weighted by atomic mass is 9.93. The number of carbonyl (C=O) groups is 2. The van der Waals surface area contributed by atoms with E-state index in [9.17, 15) is 9.59 Å². The molecule has 0 bridgehead atoms. The second-order valence-electron chi connectivity index (χ2n) is 8.87. The number of aromatic nitrogens is 2. The molecule has 1 aliphatic carbocycles. The fourth-order valence-electron chi connectivity index (χ4n) is 4.78. The van der Waals surface area contributed by atoms with Gasteiger partial charge in [0.1, 0.15) is 0 Å². The molecule has 0 atom stereocenters. The molecule has 1 aromatic carbocycles. The van der Waals surface area contributed by atoms with Crippen molar-refractivity contribution < 1.29 is 9.59 Å². The van der Waals surface area contributed by atoms with Gasteiger partial charge in [-0.15, -0.1) is 11.3 Å². The topological polar surface area (TPSA) is 58.4 Å². The summed E-state index contributed by atoms with van der Waals surface area (Å²) in [6, 6.07) is 10.2. The highest BCUT2D eigenvalue weighted by atomic mass is 32.1. The largest absolute Gasteiger partial charge is 0.343 e. The van der Waals surface area contributed by atoms with E-state index in [1.807, 2.05) is 27.8 Å². The number of carbonyl (C=O) groups excluding carboxylic acids is 2. The standard InChI is InChI=1S/C25H28N4O2S/c1-27(2)24(30)22-20-15-28(25(31)23-19-11-7-6-10-18(19)16-32-23)13-12-21(20)29(26-22)14-17-8-4-3-5-9-17/h3-5,8-9,16H,6-7,10-15H2,1-2H3. The molecule has 32 heavy (non-hydrogen) atoms. The summed E-state index contributed by atoms with van der Waals surface area (Å²) >= 11 is 1.58. The summed E-state index contributed by atoms with van der Waals surface area (Å²) in [6.07, 6.45) is 5.15. The first-order valence-corrected chi connectivity index (χ1v) is 12.1. The van der Waals surface area contributed by atoms with Crippen molar-refractivity contribution in [2.45, 2.75) is 45.2 Å². The van der Waals surface area contributed by atoms with Gasteiger partial charge in [-0.2, -0.15) is 5.10 Å². The normalized spacial score (nSPS) is 15.2. The predicted molar refractivity (Wildman–Crippen MR) is 125 cm³/mol. The van der Waals surface area contributed by atoms with Crippen molar-refractivity contribution in [1.82, 2.24) is 19.6 Å². The van der Waals surface area contributed by atoms with Gasteiger partial charge in [0, 0.05) is 38.3 Å². The smallest absolute Gasteiger partial charge is 0.274 e. The van der Waals surface area contributed by atoms with Crippen LogP contribution in [0.5, 0.6) is 0 Å². The molecule has 0 fully saturated rings. The second kappa shape index (κ2) is 8.54. The van der Waals surface area contributed by atoms with Crippen LogP contribution in [0.25, 0.3) is 0 Å². The molecule has 0 unspecified atom stereocenters. The van der Waals surface area contributed by atoms with E-state index in [2.05, 4.69) is 17.5 Å². The number of thiophene rings is 1. The Bertz CT molecular complexity index is 1160.